The number of nitriles is 1. The zero-order valence-electron chi connectivity index (χ0n) is 9.95. The molecule has 0 aliphatic heterocycles. The Morgan fingerprint density at radius 3 is 2.79 bits per heavy atom. The standard InChI is InChI=1S/C15H10N2O2/c16-9-12-4-1-3-11(7-12)8-14(15(18)19)13-5-2-6-17-10-13/h1-8,10H,(H,18,19). The number of hydrogen-bond acceptors (Lipinski definition) is 3. The molecule has 2 aromatic rings. The summed E-state index contributed by atoms with van der Waals surface area (Å²) in [6.45, 7) is 0. The second-order valence-electron chi connectivity index (χ2n) is 3.84. The topological polar surface area (TPSA) is 74.0 Å². The second-order valence-corrected chi connectivity index (χ2v) is 3.84. The molecule has 0 aliphatic rings. The third-order valence-electron chi connectivity index (χ3n) is 2.53. The van der Waals surface area contributed by atoms with Gasteiger partial charge in [0, 0.05) is 18.0 Å². The number of aliphatic carboxylic acids is 1. The van der Waals surface area contributed by atoms with Gasteiger partial charge in [0.15, 0.2) is 0 Å². The molecule has 2 rings (SSSR count). The van der Waals surface area contributed by atoms with Crippen LogP contribution >= 0.6 is 0 Å². The largest absolute Gasteiger partial charge is 0.478 e. The van der Waals surface area contributed by atoms with E-state index in [1.54, 1.807) is 42.6 Å². The Kier molecular flexibility index (Phi) is 3.70. The van der Waals surface area contributed by atoms with Gasteiger partial charge in [-0.3, -0.25) is 4.98 Å². The van der Waals surface area contributed by atoms with E-state index in [-0.39, 0.29) is 5.57 Å². The van der Waals surface area contributed by atoms with Crippen molar-refractivity contribution >= 4 is 17.6 Å². The number of rotatable bonds is 3. The van der Waals surface area contributed by atoms with E-state index < -0.39 is 5.97 Å². The van der Waals surface area contributed by atoms with E-state index in [0.29, 0.717) is 16.7 Å². The Balaban J connectivity index is 2.48. The Morgan fingerprint density at radius 2 is 2.16 bits per heavy atom. The summed E-state index contributed by atoms with van der Waals surface area (Å²) in [4.78, 5) is 15.2. The third-order valence-corrected chi connectivity index (χ3v) is 2.53. The number of pyridine rings is 1. The molecule has 0 aliphatic carbocycles. The lowest BCUT2D eigenvalue weighted by Crippen LogP contribution is -1.99. The molecular formula is C15H10N2O2. The van der Waals surface area contributed by atoms with E-state index in [4.69, 9.17) is 5.26 Å². The minimum atomic E-state index is -1.03. The van der Waals surface area contributed by atoms with E-state index in [1.165, 1.54) is 12.3 Å². The fourth-order valence-corrected chi connectivity index (χ4v) is 1.66. The van der Waals surface area contributed by atoms with Crippen LogP contribution in [0.1, 0.15) is 16.7 Å². The maximum absolute atomic E-state index is 11.3. The van der Waals surface area contributed by atoms with Crippen molar-refractivity contribution in [3.8, 4) is 6.07 Å². The number of benzene rings is 1. The van der Waals surface area contributed by atoms with Gasteiger partial charge in [-0.1, -0.05) is 18.2 Å². The molecule has 1 N–H and O–H groups in total. The molecule has 4 nitrogen and oxygen atoms in total. The first-order chi connectivity index (χ1) is 9.20. The lowest BCUT2D eigenvalue weighted by Gasteiger charge is -2.02. The highest BCUT2D eigenvalue weighted by Crippen LogP contribution is 2.18. The van der Waals surface area contributed by atoms with E-state index in [0.717, 1.165) is 0 Å². The van der Waals surface area contributed by atoms with Gasteiger partial charge in [0.05, 0.1) is 17.2 Å². The zero-order chi connectivity index (χ0) is 13.7. The number of nitrogens with zero attached hydrogens (tertiary/aromatic N) is 2. The fraction of sp³-hybridized carbons (Fsp3) is 0. The first-order valence-electron chi connectivity index (χ1n) is 5.56. The number of carboxylic acids is 1. The highest BCUT2D eigenvalue weighted by molar-refractivity contribution is 6.20. The Hall–Kier alpha value is -2.93. The molecule has 1 aromatic carbocycles. The average Bonchev–Trinajstić information content (AvgIpc) is 2.45. The number of aromatic nitrogens is 1. The van der Waals surface area contributed by atoms with E-state index >= 15 is 0 Å². The molecule has 19 heavy (non-hydrogen) atoms. The molecule has 0 spiro atoms. The summed E-state index contributed by atoms with van der Waals surface area (Å²) < 4.78 is 0. The van der Waals surface area contributed by atoms with E-state index in [1.807, 2.05) is 6.07 Å². The van der Waals surface area contributed by atoms with Gasteiger partial charge < -0.3 is 5.11 Å². The predicted octanol–water partition coefficient (Wildman–Crippen LogP) is 2.58. The van der Waals surface area contributed by atoms with Gasteiger partial charge >= 0.3 is 5.97 Å². The Labute approximate surface area is 110 Å². The van der Waals surface area contributed by atoms with Crippen LogP contribution in [0.4, 0.5) is 0 Å². The molecule has 4 heteroatoms. The summed E-state index contributed by atoms with van der Waals surface area (Å²) in [5.41, 5.74) is 1.82. The average molecular weight is 250 g/mol. The van der Waals surface area contributed by atoms with Crippen molar-refractivity contribution < 1.29 is 9.90 Å². The molecule has 0 fully saturated rings. The normalized spacial score (nSPS) is 10.8. The van der Waals surface area contributed by atoms with Crippen molar-refractivity contribution in [2.45, 2.75) is 0 Å². The van der Waals surface area contributed by atoms with Crippen molar-refractivity contribution in [3.63, 3.8) is 0 Å². The highest BCUT2D eigenvalue weighted by atomic mass is 16.4. The molecular weight excluding hydrogens is 240 g/mol. The van der Waals surface area contributed by atoms with Gasteiger partial charge in [-0.05, 0) is 29.8 Å². The van der Waals surface area contributed by atoms with Gasteiger partial charge in [0.25, 0.3) is 0 Å². The lowest BCUT2D eigenvalue weighted by molar-refractivity contribution is -0.130. The van der Waals surface area contributed by atoms with Gasteiger partial charge in [-0.2, -0.15) is 5.26 Å². The zero-order valence-corrected chi connectivity index (χ0v) is 9.95. The smallest absolute Gasteiger partial charge is 0.336 e. The first-order valence-corrected chi connectivity index (χ1v) is 5.56. The van der Waals surface area contributed by atoms with Crippen molar-refractivity contribution in [2.24, 2.45) is 0 Å². The van der Waals surface area contributed by atoms with E-state index in [9.17, 15) is 9.90 Å². The molecule has 0 bridgehead atoms. The first kappa shape index (κ1) is 12.5. The molecule has 0 amide bonds. The Bertz CT molecular complexity index is 670. The van der Waals surface area contributed by atoms with Gasteiger partial charge in [0.2, 0.25) is 0 Å². The number of carbonyl (C=O) groups is 1. The summed E-state index contributed by atoms with van der Waals surface area (Å²) in [6.07, 6.45) is 4.60. The summed E-state index contributed by atoms with van der Waals surface area (Å²) >= 11 is 0. The SMILES string of the molecule is N#Cc1cccc(C=C(C(=O)O)c2cccnc2)c1. The monoisotopic (exact) mass is 250 g/mol. The molecule has 1 heterocycles. The van der Waals surface area contributed by atoms with Crippen molar-refractivity contribution in [1.29, 1.82) is 5.26 Å². The number of carboxylic acid groups (broad SMARTS) is 1. The maximum atomic E-state index is 11.3. The molecule has 0 saturated heterocycles. The van der Waals surface area contributed by atoms with Gasteiger partial charge in [-0.15, -0.1) is 0 Å². The summed E-state index contributed by atoms with van der Waals surface area (Å²) in [6, 6.07) is 12.2. The summed E-state index contributed by atoms with van der Waals surface area (Å²) in [5.74, 6) is -1.03. The van der Waals surface area contributed by atoms with Crippen LogP contribution in [0.5, 0.6) is 0 Å². The van der Waals surface area contributed by atoms with Crippen LogP contribution < -0.4 is 0 Å². The highest BCUT2D eigenvalue weighted by Gasteiger charge is 2.10. The maximum Gasteiger partial charge on any atom is 0.336 e. The van der Waals surface area contributed by atoms with Gasteiger partial charge in [0.1, 0.15) is 0 Å². The lowest BCUT2D eigenvalue weighted by atomic mass is 10.0. The number of hydrogen-bond donors (Lipinski definition) is 1. The van der Waals surface area contributed by atoms with E-state index in [2.05, 4.69) is 4.98 Å². The minimum Gasteiger partial charge on any atom is -0.478 e. The van der Waals surface area contributed by atoms with Crippen molar-refractivity contribution in [1.82, 2.24) is 4.98 Å². The quantitative estimate of drug-likeness (QED) is 0.849. The third kappa shape index (κ3) is 3.05. The minimum absolute atomic E-state index is 0.142. The van der Waals surface area contributed by atoms with Crippen LogP contribution in [-0.2, 0) is 4.79 Å². The molecule has 0 unspecified atom stereocenters. The molecule has 1 aromatic heterocycles. The molecule has 0 atom stereocenters. The van der Waals surface area contributed by atoms with Gasteiger partial charge in [-0.25, -0.2) is 4.79 Å². The summed E-state index contributed by atoms with van der Waals surface area (Å²) in [7, 11) is 0. The second kappa shape index (κ2) is 5.61. The van der Waals surface area contributed by atoms with Crippen molar-refractivity contribution in [2.75, 3.05) is 0 Å². The van der Waals surface area contributed by atoms with Crippen LogP contribution in [0.25, 0.3) is 11.6 Å². The Morgan fingerprint density at radius 1 is 1.32 bits per heavy atom. The molecule has 0 saturated carbocycles. The van der Waals surface area contributed by atoms with Crippen LogP contribution in [0.15, 0.2) is 48.8 Å². The molecule has 0 radical (unpaired) electrons. The van der Waals surface area contributed by atoms with Crippen LogP contribution in [0.3, 0.4) is 0 Å². The molecule has 92 valence electrons. The summed E-state index contributed by atoms with van der Waals surface area (Å²) in [5, 5.41) is 18.1. The predicted molar refractivity (Wildman–Crippen MR) is 70.9 cm³/mol. The van der Waals surface area contributed by atoms with Crippen LogP contribution in [0, 0.1) is 11.3 Å². The van der Waals surface area contributed by atoms with Crippen molar-refractivity contribution in [3.05, 3.63) is 65.5 Å². The van der Waals surface area contributed by atoms with Crippen LogP contribution in [0.2, 0.25) is 0 Å². The fourth-order valence-electron chi connectivity index (χ4n) is 1.66. The van der Waals surface area contributed by atoms with Crippen LogP contribution in [-0.4, -0.2) is 16.1 Å².